The number of isocyanates is 1. The number of halogens is 3. The molecule has 0 aliphatic heterocycles. The SMILES string of the molecule is CC1=[C-]CC=C1.F[C-](F)F.N=C=O.[Ti+3].[c-]1ccccc1. The molecule has 1 aliphatic carbocycles. The van der Waals surface area contributed by atoms with Gasteiger partial charge in [-0.15, -0.1) is 6.42 Å². The molecule has 0 saturated carbocycles. The van der Waals surface area contributed by atoms with E-state index in [1.807, 2.05) is 30.3 Å². The fourth-order valence-corrected chi connectivity index (χ4v) is 0.856. The average Bonchev–Trinajstić information content (AvgIpc) is 2.84. The van der Waals surface area contributed by atoms with Crippen molar-refractivity contribution in [3.8, 4) is 0 Å². The van der Waals surface area contributed by atoms with Crippen LogP contribution in [0.15, 0.2) is 48.1 Å². The molecule has 0 atom stereocenters. The Morgan fingerprint density at radius 1 is 1.25 bits per heavy atom. The fourth-order valence-electron chi connectivity index (χ4n) is 0.856. The summed E-state index contributed by atoms with van der Waals surface area (Å²) in [5, 5.41) is 5.40. The fraction of sp³-hybridized carbons (Fsp3) is 0.143. The molecule has 20 heavy (non-hydrogen) atoms. The van der Waals surface area contributed by atoms with Crippen LogP contribution in [0.5, 0.6) is 0 Å². The molecule has 6 heteroatoms. The van der Waals surface area contributed by atoms with Gasteiger partial charge in [0.25, 0.3) is 0 Å². The van der Waals surface area contributed by atoms with Gasteiger partial charge in [-0.2, -0.15) is 42.5 Å². The molecular weight excluding hydrogens is 303 g/mol. The Kier molecular flexibility index (Phi) is 23.6. The molecule has 2 rings (SSSR count). The third-order valence-corrected chi connectivity index (χ3v) is 1.47. The van der Waals surface area contributed by atoms with E-state index < -0.39 is 6.68 Å². The summed E-state index contributed by atoms with van der Waals surface area (Å²) >= 11 is 0. The Morgan fingerprint density at radius 3 is 1.80 bits per heavy atom. The first-order valence-electron chi connectivity index (χ1n) is 5.07. The van der Waals surface area contributed by atoms with E-state index in [0.29, 0.717) is 0 Å². The summed E-state index contributed by atoms with van der Waals surface area (Å²) in [4.78, 5) is 8.35. The number of hydrogen-bond acceptors (Lipinski definition) is 2. The van der Waals surface area contributed by atoms with E-state index in [-0.39, 0.29) is 21.7 Å². The Hall–Kier alpha value is -1.42. The maximum atomic E-state index is 9.58. The molecule has 0 fully saturated rings. The molecule has 1 aromatic rings. The molecule has 0 spiro atoms. The quantitative estimate of drug-likeness (QED) is 0.327. The van der Waals surface area contributed by atoms with Gasteiger partial charge < -0.3 is 13.2 Å². The van der Waals surface area contributed by atoms with E-state index >= 15 is 0 Å². The summed E-state index contributed by atoms with van der Waals surface area (Å²) in [6.07, 6.45) is 9.08. The van der Waals surface area contributed by atoms with Gasteiger partial charge in [-0.05, 0) is 0 Å². The molecule has 0 unspecified atom stereocenters. The Bertz CT molecular complexity index is 356. The van der Waals surface area contributed by atoms with Crippen molar-refractivity contribution < 1.29 is 39.7 Å². The van der Waals surface area contributed by atoms with E-state index in [2.05, 4.69) is 31.2 Å². The van der Waals surface area contributed by atoms with E-state index in [4.69, 9.17) is 10.2 Å². The van der Waals surface area contributed by atoms with Crippen molar-refractivity contribution in [2.75, 3.05) is 0 Å². The van der Waals surface area contributed by atoms with Gasteiger partial charge in [0, 0.05) is 0 Å². The number of carbonyl (C=O) groups excluding carboxylic acids is 1. The van der Waals surface area contributed by atoms with Crippen LogP contribution in [-0.4, -0.2) is 6.08 Å². The van der Waals surface area contributed by atoms with E-state index in [0.717, 1.165) is 12.5 Å². The van der Waals surface area contributed by atoms with Crippen LogP contribution >= 0.6 is 0 Å². The Morgan fingerprint density at radius 2 is 1.70 bits per heavy atom. The maximum Gasteiger partial charge on any atom is 3.00 e. The van der Waals surface area contributed by atoms with E-state index in [9.17, 15) is 13.2 Å². The zero-order valence-electron chi connectivity index (χ0n) is 10.8. The monoisotopic (exact) mass is 316 g/mol. The van der Waals surface area contributed by atoms with Crippen LogP contribution in [0.25, 0.3) is 0 Å². The van der Waals surface area contributed by atoms with E-state index in [1.165, 1.54) is 5.57 Å². The molecule has 0 heterocycles. The van der Waals surface area contributed by atoms with Gasteiger partial charge in [0.15, 0.2) is 6.68 Å². The van der Waals surface area contributed by atoms with Crippen LogP contribution in [0.1, 0.15) is 13.3 Å². The smallest absolute Gasteiger partial charge is 0.385 e. The number of allylic oxidation sites excluding steroid dienone is 4. The van der Waals surface area contributed by atoms with Gasteiger partial charge in [-0.3, -0.25) is 6.08 Å². The maximum absolute atomic E-state index is 9.58. The number of benzene rings is 1. The zero-order valence-corrected chi connectivity index (χ0v) is 12.4. The third-order valence-electron chi connectivity index (χ3n) is 1.47. The molecule has 0 amide bonds. The number of nitrogens with one attached hydrogen (secondary N) is 1. The minimum atomic E-state index is -3.08. The molecule has 2 nitrogen and oxygen atoms in total. The van der Waals surface area contributed by atoms with Gasteiger partial charge in [0.1, 0.15) is 0 Å². The summed E-state index contributed by atoms with van der Waals surface area (Å²) in [5.74, 6) is 0. The van der Waals surface area contributed by atoms with Gasteiger partial charge in [-0.25, -0.2) is 21.9 Å². The Labute approximate surface area is 131 Å². The Balaban J connectivity index is -0.000000198. The van der Waals surface area contributed by atoms with Crippen molar-refractivity contribution in [2.45, 2.75) is 13.3 Å². The molecule has 0 bridgehead atoms. The minimum Gasteiger partial charge on any atom is -0.385 e. The van der Waals surface area contributed by atoms with Crippen molar-refractivity contribution in [1.82, 2.24) is 0 Å². The predicted molar refractivity (Wildman–Crippen MR) is 66.4 cm³/mol. The molecular formula is C14H13F3NOTi. The van der Waals surface area contributed by atoms with Crippen LogP contribution < -0.4 is 0 Å². The minimum absolute atomic E-state index is 0. The standard InChI is InChI=1S/C6H7.C6H5.CF3.CHNO.Ti/c1-6-4-2-3-5-6;1-2-4-6-5-3-1;2-1(3)4;2-1-3;/h2,4H,3H2,1H3;1-5H;;2H;/q3*-1;;+3. The van der Waals surface area contributed by atoms with Crippen molar-refractivity contribution in [3.05, 3.63) is 66.9 Å². The van der Waals surface area contributed by atoms with Crippen LogP contribution in [0.4, 0.5) is 13.2 Å². The van der Waals surface area contributed by atoms with Crippen LogP contribution in [0, 0.1) is 24.2 Å². The molecule has 0 aromatic heterocycles. The van der Waals surface area contributed by atoms with Gasteiger partial charge in [-0.1, -0.05) is 6.92 Å². The molecule has 0 saturated heterocycles. The summed E-state index contributed by atoms with van der Waals surface area (Å²) < 4.78 is 28.8. The third kappa shape index (κ3) is 30.0. The average molecular weight is 316 g/mol. The number of hydrogen-bond donors (Lipinski definition) is 1. The summed E-state index contributed by atoms with van der Waals surface area (Å²) in [5.41, 5.74) is 1.27. The van der Waals surface area contributed by atoms with Crippen molar-refractivity contribution >= 4 is 6.08 Å². The molecule has 1 N–H and O–H groups in total. The van der Waals surface area contributed by atoms with Gasteiger partial charge in [0.05, 0.1) is 0 Å². The number of rotatable bonds is 0. The summed E-state index contributed by atoms with van der Waals surface area (Å²) in [6, 6.07) is 12.5. The molecule has 1 aromatic carbocycles. The first kappa shape index (κ1) is 23.7. The normalized spacial score (nSPS) is 10.2. The first-order valence-corrected chi connectivity index (χ1v) is 5.07. The topological polar surface area (TPSA) is 40.9 Å². The van der Waals surface area contributed by atoms with Crippen molar-refractivity contribution in [3.63, 3.8) is 0 Å². The molecule has 1 aliphatic rings. The van der Waals surface area contributed by atoms with Crippen LogP contribution in [0.3, 0.4) is 0 Å². The van der Waals surface area contributed by atoms with Crippen LogP contribution in [-0.2, 0) is 26.5 Å². The first-order chi connectivity index (χ1) is 9.04. The van der Waals surface area contributed by atoms with Crippen molar-refractivity contribution in [2.24, 2.45) is 0 Å². The van der Waals surface area contributed by atoms with Crippen LogP contribution in [0.2, 0.25) is 0 Å². The summed E-state index contributed by atoms with van der Waals surface area (Å²) in [6.45, 7) is -1.02. The largest absolute Gasteiger partial charge is 3.00 e. The van der Waals surface area contributed by atoms with Crippen molar-refractivity contribution in [1.29, 1.82) is 5.41 Å². The summed E-state index contributed by atoms with van der Waals surface area (Å²) in [7, 11) is 0. The van der Waals surface area contributed by atoms with Gasteiger partial charge in [0.2, 0.25) is 6.08 Å². The molecule has 1 radical (unpaired) electrons. The van der Waals surface area contributed by atoms with E-state index in [1.54, 1.807) is 0 Å². The predicted octanol–water partition coefficient (Wildman–Crippen LogP) is 4.42. The second-order valence-corrected chi connectivity index (χ2v) is 2.86. The second kappa shape index (κ2) is 19.9. The molecule has 105 valence electrons. The second-order valence-electron chi connectivity index (χ2n) is 2.86. The zero-order chi connectivity index (χ0) is 14.9. The van der Waals surface area contributed by atoms with Gasteiger partial charge >= 0.3 is 21.7 Å².